The van der Waals surface area contributed by atoms with Crippen molar-refractivity contribution in [3.05, 3.63) is 12.2 Å². The molecule has 0 aromatic heterocycles. The minimum absolute atomic E-state index is 0.122. The Labute approximate surface area is 188 Å². The van der Waals surface area contributed by atoms with Gasteiger partial charge in [-0.15, -0.1) is 0 Å². The Morgan fingerprint density at radius 1 is 0.935 bits per heavy atom. The van der Waals surface area contributed by atoms with Gasteiger partial charge in [0.25, 0.3) is 0 Å². The summed E-state index contributed by atoms with van der Waals surface area (Å²) in [6.07, 6.45) is 10.5. The van der Waals surface area contributed by atoms with Crippen molar-refractivity contribution < 1.29 is 14.4 Å². The summed E-state index contributed by atoms with van der Waals surface area (Å²) in [5.41, 5.74) is -0.822. The molecule has 0 aromatic carbocycles. The molecular weight excluding hydrogens is 384 g/mol. The predicted molar refractivity (Wildman–Crippen MR) is 123 cm³/mol. The molecular formula is C28H42O3. The van der Waals surface area contributed by atoms with Gasteiger partial charge in [0.1, 0.15) is 17.3 Å². The molecule has 31 heavy (non-hydrogen) atoms. The van der Waals surface area contributed by atoms with E-state index in [1.165, 1.54) is 0 Å². The number of ketones is 3. The van der Waals surface area contributed by atoms with Crippen LogP contribution in [0.15, 0.2) is 12.2 Å². The van der Waals surface area contributed by atoms with Gasteiger partial charge in [0.05, 0.1) is 0 Å². The van der Waals surface area contributed by atoms with E-state index in [0.717, 1.165) is 25.7 Å². The molecule has 4 aliphatic carbocycles. The van der Waals surface area contributed by atoms with E-state index in [2.05, 4.69) is 53.7 Å². The van der Waals surface area contributed by atoms with Crippen molar-refractivity contribution in [3.63, 3.8) is 0 Å². The zero-order chi connectivity index (χ0) is 22.8. The van der Waals surface area contributed by atoms with Gasteiger partial charge in [-0.3, -0.25) is 14.4 Å². The maximum atomic E-state index is 13.8. The molecule has 0 saturated heterocycles. The molecule has 3 nitrogen and oxygen atoms in total. The third kappa shape index (κ3) is 3.16. The number of fused-ring (bicyclic) bond motifs is 2. The number of carbonyl (C=O) groups is 3. The van der Waals surface area contributed by atoms with Crippen molar-refractivity contribution >= 4 is 17.3 Å². The summed E-state index contributed by atoms with van der Waals surface area (Å²) in [7, 11) is 0. The summed E-state index contributed by atoms with van der Waals surface area (Å²) in [6.45, 7) is 13.7. The van der Waals surface area contributed by atoms with Crippen molar-refractivity contribution in [2.75, 3.05) is 0 Å². The molecule has 0 unspecified atom stereocenters. The largest absolute Gasteiger partial charge is 0.300 e. The number of hydrogen-bond donors (Lipinski definition) is 0. The van der Waals surface area contributed by atoms with Gasteiger partial charge in [-0.2, -0.15) is 0 Å². The van der Waals surface area contributed by atoms with E-state index in [1.54, 1.807) is 0 Å². The van der Waals surface area contributed by atoms with E-state index in [1.807, 2.05) is 0 Å². The SMILES string of the molecule is CC(C)[C@@H](C)/C=C/[C@@H](C)[C@H]1CCC(=O)[C@]23CC(=O)[C@@H]4CC(=O)CC[C@]4(C)[C@H]2CC[C@]13C. The summed E-state index contributed by atoms with van der Waals surface area (Å²) < 4.78 is 0. The topological polar surface area (TPSA) is 51.2 Å². The van der Waals surface area contributed by atoms with Crippen LogP contribution in [0.4, 0.5) is 0 Å². The summed E-state index contributed by atoms with van der Waals surface area (Å²) in [5.74, 6) is 2.88. The van der Waals surface area contributed by atoms with Crippen LogP contribution < -0.4 is 0 Å². The highest BCUT2D eigenvalue weighted by molar-refractivity contribution is 5.98. The lowest BCUT2D eigenvalue weighted by Crippen LogP contribution is -2.63. The maximum absolute atomic E-state index is 13.8. The molecule has 4 aliphatic rings. The number of carbonyl (C=O) groups excluding carboxylic acids is 3. The van der Waals surface area contributed by atoms with Gasteiger partial charge in [-0.25, -0.2) is 0 Å². The molecule has 3 heteroatoms. The van der Waals surface area contributed by atoms with Crippen LogP contribution in [0.1, 0.15) is 92.9 Å². The number of allylic oxidation sites excluding steroid dienone is 2. The van der Waals surface area contributed by atoms with Crippen molar-refractivity contribution in [2.24, 2.45) is 51.8 Å². The van der Waals surface area contributed by atoms with Crippen molar-refractivity contribution in [2.45, 2.75) is 92.9 Å². The van der Waals surface area contributed by atoms with E-state index in [0.29, 0.717) is 55.1 Å². The van der Waals surface area contributed by atoms with Crippen LogP contribution in [-0.2, 0) is 14.4 Å². The number of rotatable bonds is 4. The lowest BCUT2D eigenvalue weighted by atomic mass is 9.40. The maximum Gasteiger partial charge on any atom is 0.140 e. The zero-order valence-electron chi connectivity index (χ0n) is 20.5. The minimum Gasteiger partial charge on any atom is -0.300 e. The van der Waals surface area contributed by atoms with Gasteiger partial charge in [0, 0.05) is 37.0 Å². The molecule has 1 spiro atoms. The van der Waals surface area contributed by atoms with Crippen molar-refractivity contribution in [3.8, 4) is 0 Å². The number of Topliss-reactive ketones (excluding diaryl/α,β-unsaturated/α-hetero) is 3. The van der Waals surface area contributed by atoms with Crippen LogP contribution in [-0.4, -0.2) is 17.3 Å². The minimum atomic E-state index is -0.510. The van der Waals surface area contributed by atoms with E-state index < -0.39 is 5.41 Å². The first-order valence-corrected chi connectivity index (χ1v) is 12.7. The molecule has 0 aromatic rings. The van der Waals surface area contributed by atoms with Gasteiger partial charge in [-0.05, 0) is 66.1 Å². The molecule has 0 heterocycles. The Morgan fingerprint density at radius 2 is 1.65 bits per heavy atom. The van der Waals surface area contributed by atoms with Crippen LogP contribution in [0, 0.1) is 51.8 Å². The smallest absolute Gasteiger partial charge is 0.140 e. The Balaban J connectivity index is 1.71. The fraction of sp³-hybridized carbons (Fsp3) is 0.821. The van der Waals surface area contributed by atoms with Gasteiger partial charge in [0.15, 0.2) is 0 Å². The second kappa shape index (κ2) is 7.66. The van der Waals surface area contributed by atoms with E-state index in [9.17, 15) is 14.4 Å². The molecule has 0 aliphatic heterocycles. The molecule has 0 radical (unpaired) electrons. The molecule has 0 amide bonds. The highest BCUT2D eigenvalue weighted by atomic mass is 16.1. The monoisotopic (exact) mass is 426 g/mol. The van der Waals surface area contributed by atoms with Gasteiger partial charge in [-0.1, -0.05) is 53.7 Å². The summed E-state index contributed by atoms with van der Waals surface area (Å²) >= 11 is 0. The average Bonchev–Trinajstić information content (AvgIpc) is 3.03. The zero-order valence-corrected chi connectivity index (χ0v) is 20.5. The molecule has 0 bridgehead atoms. The van der Waals surface area contributed by atoms with Crippen LogP contribution in [0.3, 0.4) is 0 Å². The standard InChI is InChI=1S/C28H42O3/c1-17(2)18(3)7-8-19(4)21-9-10-25(31)28-16-23(30)22-15-20(29)11-13-26(22,5)24(28)12-14-27(21,28)6/h7-8,17-19,21-22,24H,9-16H2,1-6H3/b8-7+/t18-,19+,21+,22-,24+,26-,27+,28-/m0/s1. The van der Waals surface area contributed by atoms with E-state index >= 15 is 0 Å². The normalized spacial score (nSPS) is 44.9. The van der Waals surface area contributed by atoms with Crippen LogP contribution in [0.5, 0.6) is 0 Å². The second-order valence-corrected chi connectivity index (χ2v) is 12.3. The molecule has 4 rings (SSSR count). The Bertz CT molecular complexity index is 809. The summed E-state index contributed by atoms with van der Waals surface area (Å²) in [5, 5.41) is 0. The lowest BCUT2D eigenvalue weighted by molar-refractivity contribution is -0.180. The molecule has 172 valence electrons. The Morgan fingerprint density at radius 3 is 2.32 bits per heavy atom. The Kier molecular flexibility index (Phi) is 5.67. The third-order valence-corrected chi connectivity index (χ3v) is 10.8. The van der Waals surface area contributed by atoms with E-state index in [4.69, 9.17) is 0 Å². The predicted octanol–water partition coefficient (Wildman–Crippen LogP) is 6.20. The first-order chi connectivity index (χ1) is 14.5. The fourth-order valence-electron chi connectivity index (χ4n) is 8.48. The summed E-state index contributed by atoms with van der Waals surface area (Å²) in [6, 6.07) is 0. The molecule has 4 saturated carbocycles. The quantitative estimate of drug-likeness (QED) is 0.503. The average molecular weight is 427 g/mol. The highest BCUT2D eigenvalue weighted by Gasteiger charge is 2.73. The lowest BCUT2D eigenvalue weighted by Gasteiger charge is -2.62. The fourth-order valence-corrected chi connectivity index (χ4v) is 8.48. The summed E-state index contributed by atoms with van der Waals surface area (Å²) in [4.78, 5) is 39.5. The van der Waals surface area contributed by atoms with Crippen molar-refractivity contribution in [1.29, 1.82) is 0 Å². The third-order valence-electron chi connectivity index (χ3n) is 10.8. The second-order valence-electron chi connectivity index (χ2n) is 12.3. The van der Waals surface area contributed by atoms with E-state index in [-0.39, 0.29) is 34.2 Å². The Hall–Kier alpha value is -1.25. The van der Waals surface area contributed by atoms with Gasteiger partial charge < -0.3 is 0 Å². The molecule has 0 N–H and O–H groups in total. The van der Waals surface area contributed by atoms with Crippen LogP contribution in [0.25, 0.3) is 0 Å². The highest BCUT2D eigenvalue weighted by Crippen LogP contribution is 2.74. The first kappa shape index (κ1) is 22.9. The van der Waals surface area contributed by atoms with Crippen LogP contribution >= 0.6 is 0 Å². The first-order valence-electron chi connectivity index (χ1n) is 12.7. The number of hydrogen-bond acceptors (Lipinski definition) is 3. The van der Waals surface area contributed by atoms with Gasteiger partial charge in [0.2, 0.25) is 0 Å². The van der Waals surface area contributed by atoms with Crippen molar-refractivity contribution in [1.82, 2.24) is 0 Å². The molecule has 4 fully saturated rings. The van der Waals surface area contributed by atoms with Crippen LogP contribution in [0.2, 0.25) is 0 Å². The molecule has 8 atom stereocenters. The van der Waals surface area contributed by atoms with Gasteiger partial charge >= 0.3 is 0 Å².